The number of ether oxygens (including phenoxy) is 3. The smallest absolute Gasteiger partial charge is 0.387 e. The van der Waals surface area contributed by atoms with Crippen LogP contribution in [-0.4, -0.2) is 41.9 Å². The highest BCUT2D eigenvalue weighted by atomic mass is 19.3. The van der Waals surface area contributed by atoms with E-state index in [1.54, 1.807) is 18.3 Å². The summed E-state index contributed by atoms with van der Waals surface area (Å²) in [5, 5.41) is 3.44. The van der Waals surface area contributed by atoms with Crippen molar-refractivity contribution in [2.24, 2.45) is 5.92 Å². The van der Waals surface area contributed by atoms with Gasteiger partial charge in [-0.1, -0.05) is 19.1 Å². The van der Waals surface area contributed by atoms with Crippen molar-refractivity contribution >= 4 is 5.95 Å². The van der Waals surface area contributed by atoms with Gasteiger partial charge in [-0.3, -0.25) is 0 Å². The molecule has 6 nitrogen and oxygen atoms in total. The van der Waals surface area contributed by atoms with E-state index in [0.717, 1.165) is 30.7 Å². The normalized spacial score (nSPS) is 24.1. The van der Waals surface area contributed by atoms with Crippen LogP contribution in [-0.2, 0) is 4.74 Å². The zero-order valence-corrected chi connectivity index (χ0v) is 17.0. The van der Waals surface area contributed by atoms with Gasteiger partial charge in [0.2, 0.25) is 11.8 Å². The Morgan fingerprint density at radius 2 is 1.87 bits per heavy atom. The third-order valence-electron chi connectivity index (χ3n) is 5.66. The molecule has 0 spiro atoms. The summed E-state index contributed by atoms with van der Waals surface area (Å²) in [6, 6.07) is 6.76. The maximum Gasteiger partial charge on any atom is 0.387 e. The van der Waals surface area contributed by atoms with Gasteiger partial charge in [0, 0.05) is 18.7 Å². The Hall–Kier alpha value is -2.48. The number of anilines is 1. The number of benzene rings is 1. The number of nitrogens with zero attached hydrogens (tertiary/aromatic N) is 2. The van der Waals surface area contributed by atoms with Gasteiger partial charge in [0.25, 0.3) is 0 Å². The van der Waals surface area contributed by atoms with E-state index < -0.39 is 6.61 Å². The topological polar surface area (TPSA) is 65.5 Å². The molecule has 1 aliphatic carbocycles. The van der Waals surface area contributed by atoms with Crippen molar-refractivity contribution in [1.82, 2.24) is 9.97 Å². The van der Waals surface area contributed by atoms with Gasteiger partial charge >= 0.3 is 6.61 Å². The van der Waals surface area contributed by atoms with Crippen LogP contribution in [0.3, 0.4) is 0 Å². The van der Waals surface area contributed by atoms with Gasteiger partial charge in [0.1, 0.15) is 11.9 Å². The van der Waals surface area contributed by atoms with Crippen molar-refractivity contribution in [2.45, 2.75) is 57.8 Å². The first kappa shape index (κ1) is 20.8. The Morgan fingerprint density at radius 3 is 2.53 bits per heavy atom. The molecule has 1 saturated heterocycles. The molecule has 2 aliphatic rings. The van der Waals surface area contributed by atoms with Gasteiger partial charge in [-0.15, -0.1) is 0 Å². The Bertz CT molecular complexity index is 821. The third kappa shape index (κ3) is 5.36. The molecule has 4 rings (SSSR count). The van der Waals surface area contributed by atoms with Crippen LogP contribution in [0.1, 0.15) is 39.0 Å². The summed E-state index contributed by atoms with van der Waals surface area (Å²) in [6.45, 7) is 0.618. The fraction of sp³-hybridized carbons (Fsp3) is 0.545. The maximum absolute atomic E-state index is 12.4. The van der Waals surface area contributed by atoms with Crippen molar-refractivity contribution in [3.8, 4) is 22.8 Å². The zero-order valence-electron chi connectivity index (χ0n) is 17.0. The lowest BCUT2D eigenvalue weighted by atomic mass is 9.87. The summed E-state index contributed by atoms with van der Waals surface area (Å²) >= 11 is 0. The number of rotatable bonds is 7. The number of halogens is 2. The molecule has 1 saturated carbocycles. The van der Waals surface area contributed by atoms with Gasteiger partial charge in [0.15, 0.2) is 0 Å². The lowest BCUT2D eigenvalue weighted by Crippen LogP contribution is -2.26. The molecule has 162 valence electrons. The Balaban J connectivity index is 1.55. The van der Waals surface area contributed by atoms with Crippen LogP contribution in [0.4, 0.5) is 14.7 Å². The van der Waals surface area contributed by atoms with E-state index in [9.17, 15) is 8.78 Å². The first-order chi connectivity index (χ1) is 14.6. The summed E-state index contributed by atoms with van der Waals surface area (Å²) in [4.78, 5) is 9.13. The fourth-order valence-corrected chi connectivity index (χ4v) is 3.89. The molecule has 2 aromatic rings. The fourth-order valence-electron chi connectivity index (χ4n) is 3.89. The summed E-state index contributed by atoms with van der Waals surface area (Å²) in [5.41, 5.74) is 1.47. The molecular weight excluding hydrogens is 392 g/mol. The SMILES string of the molecule is CC1CCC(Nc2ncc(-c3ccc(OC(F)F)cc3)c(O[C@H]3CCOC3)n2)CC1. The number of hydrogen-bond donors (Lipinski definition) is 1. The molecule has 1 aromatic heterocycles. The standard InChI is InChI=1S/C22H27F2N3O3/c1-14-2-6-16(7-3-14)26-22-25-12-19(20(27-22)29-18-10-11-28-13-18)15-4-8-17(9-5-15)30-21(23)24/h4-5,8-9,12,14,16,18,21H,2-3,6-7,10-11,13H2,1H3,(H,25,26,27)/t14?,16?,18-/m0/s1. The third-order valence-corrected chi connectivity index (χ3v) is 5.66. The van der Waals surface area contributed by atoms with Crippen LogP contribution in [0.2, 0.25) is 0 Å². The van der Waals surface area contributed by atoms with Crippen molar-refractivity contribution in [2.75, 3.05) is 18.5 Å². The molecular formula is C22H27F2N3O3. The highest BCUT2D eigenvalue weighted by Crippen LogP contribution is 2.32. The first-order valence-corrected chi connectivity index (χ1v) is 10.5. The van der Waals surface area contributed by atoms with Crippen molar-refractivity contribution < 1.29 is 23.0 Å². The molecule has 1 atom stereocenters. The van der Waals surface area contributed by atoms with Crippen molar-refractivity contribution in [3.63, 3.8) is 0 Å². The monoisotopic (exact) mass is 419 g/mol. The molecule has 0 bridgehead atoms. The van der Waals surface area contributed by atoms with Crippen molar-refractivity contribution in [3.05, 3.63) is 30.5 Å². The van der Waals surface area contributed by atoms with Gasteiger partial charge < -0.3 is 19.5 Å². The first-order valence-electron chi connectivity index (χ1n) is 10.5. The predicted molar refractivity (Wildman–Crippen MR) is 109 cm³/mol. The van der Waals surface area contributed by atoms with Crippen LogP contribution < -0.4 is 14.8 Å². The van der Waals surface area contributed by atoms with E-state index in [2.05, 4.69) is 26.9 Å². The average Bonchev–Trinajstić information content (AvgIpc) is 3.23. The van der Waals surface area contributed by atoms with E-state index in [4.69, 9.17) is 9.47 Å². The van der Waals surface area contributed by atoms with E-state index in [1.165, 1.54) is 25.0 Å². The highest BCUT2D eigenvalue weighted by molar-refractivity contribution is 5.69. The summed E-state index contributed by atoms with van der Waals surface area (Å²) in [7, 11) is 0. The largest absolute Gasteiger partial charge is 0.471 e. The quantitative estimate of drug-likeness (QED) is 0.688. The van der Waals surface area contributed by atoms with Crippen molar-refractivity contribution in [1.29, 1.82) is 0 Å². The number of alkyl halides is 2. The molecule has 0 amide bonds. The van der Waals surface area contributed by atoms with E-state index >= 15 is 0 Å². The molecule has 0 radical (unpaired) electrons. The summed E-state index contributed by atoms with van der Waals surface area (Å²) < 4.78 is 40.8. The summed E-state index contributed by atoms with van der Waals surface area (Å²) in [5.74, 6) is 1.88. The van der Waals surface area contributed by atoms with Crippen LogP contribution in [0.5, 0.6) is 11.6 Å². The molecule has 2 fully saturated rings. The van der Waals surface area contributed by atoms with E-state index in [1.807, 2.05) is 0 Å². The summed E-state index contributed by atoms with van der Waals surface area (Å²) in [6.07, 6.45) is 7.05. The van der Waals surface area contributed by atoms with Gasteiger partial charge in [-0.2, -0.15) is 13.8 Å². The van der Waals surface area contributed by atoms with Gasteiger partial charge in [-0.05, 0) is 49.3 Å². The molecule has 1 N–H and O–H groups in total. The van der Waals surface area contributed by atoms with Gasteiger partial charge in [-0.25, -0.2) is 4.98 Å². The van der Waals surface area contributed by atoms with E-state index in [0.29, 0.717) is 36.6 Å². The minimum absolute atomic E-state index is 0.0662. The minimum atomic E-state index is -2.85. The second kappa shape index (κ2) is 9.55. The van der Waals surface area contributed by atoms with Crippen LogP contribution in [0.25, 0.3) is 11.1 Å². The number of nitrogens with one attached hydrogen (secondary N) is 1. The lowest BCUT2D eigenvalue weighted by Gasteiger charge is -2.27. The Labute approximate surface area is 175 Å². The van der Waals surface area contributed by atoms with Crippen LogP contribution in [0, 0.1) is 5.92 Å². The average molecular weight is 419 g/mol. The molecule has 2 heterocycles. The zero-order chi connectivity index (χ0) is 20.9. The van der Waals surface area contributed by atoms with Crippen LogP contribution >= 0.6 is 0 Å². The molecule has 1 aromatic carbocycles. The second-order valence-corrected chi connectivity index (χ2v) is 8.02. The lowest BCUT2D eigenvalue weighted by molar-refractivity contribution is -0.0498. The van der Waals surface area contributed by atoms with Gasteiger partial charge in [0.05, 0.1) is 18.8 Å². The molecule has 30 heavy (non-hydrogen) atoms. The minimum Gasteiger partial charge on any atom is -0.471 e. The second-order valence-electron chi connectivity index (χ2n) is 8.02. The molecule has 1 aliphatic heterocycles. The van der Waals surface area contributed by atoms with E-state index in [-0.39, 0.29) is 11.9 Å². The number of aromatic nitrogens is 2. The Kier molecular flexibility index (Phi) is 6.62. The maximum atomic E-state index is 12.4. The Morgan fingerprint density at radius 1 is 1.10 bits per heavy atom. The predicted octanol–water partition coefficient (Wildman–Crippen LogP) is 4.90. The molecule has 8 heteroatoms. The number of hydrogen-bond acceptors (Lipinski definition) is 6. The molecule has 0 unspecified atom stereocenters. The van der Waals surface area contributed by atoms with Crippen LogP contribution in [0.15, 0.2) is 30.5 Å². The highest BCUT2D eigenvalue weighted by Gasteiger charge is 2.23.